The standard InChI is InChI=1S/C16H28O6/c1-8-9-10-22-12(17)11(15(2,3)13(18)20-6)16(4,5)14(19)21-7/h11H,8-10H2,1-7H3. The number of unbranched alkanes of at least 4 members (excludes halogenated alkanes) is 1. The number of ether oxygens (including phenoxy) is 3. The van der Waals surface area contributed by atoms with Crippen molar-refractivity contribution in [3.05, 3.63) is 0 Å². The summed E-state index contributed by atoms with van der Waals surface area (Å²) in [4.78, 5) is 36.7. The Balaban J connectivity index is 5.64. The van der Waals surface area contributed by atoms with Gasteiger partial charge in [0.25, 0.3) is 0 Å². The van der Waals surface area contributed by atoms with E-state index in [0.29, 0.717) is 0 Å². The lowest BCUT2D eigenvalue weighted by Crippen LogP contribution is -2.50. The van der Waals surface area contributed by atoms with Crippen molar-refractivity contribution in [2.75, 3.05) is 20.8 Å². The summed E-state index contributed by atoms with van der Waals surface area (Å²) in [5.41, 5.74) is -2.45. The number of rotatable bonds is 8. The highest BCUT2D eigenvalue weighted by Gasteiger charge is 2.55. The number of methoxy groups -OCH3 is 2. The molecule has 0 spiro atoms. The van der Waals surface area contributed by atoms with Crippen LogP contribution in [0.4, 0.5) is 0 Å². The van der Waals surface area contributed by atoms with Gasteiger partial charge in [-0.1, -0.05) is 13.3 Å². The molecule has 0 atom stereocenters. The fourth-order valence-electron chi connectivity index (χ4n) is 2.65. The quantitative estimate of drug-likeness (QED) is 0.388. The molecule has 0 saturated heterocycles. The van der Waals surface area contributed by atoms with E-state index in [-0.39, 0.29) is 6.61 Å². The van der Waals surface area contributed by atoms with E-state index in [4.69, 9.17) is 14.2 Å². The molecule has 0 heterocycles. The van der Waals surface area contributed by atoms with Crippen molar-refractivity contribution in [1.82, 2.24) is 0 Å². The van der Waals surface area contributed by atoms with Gasteiger partial charge in [-0.05, 0) is 34.1 Å². The van der Waals surface area contributed by atoms with E-state index < -0.39 is 34.7 Å². The van der Waals surface area contributed by atoms with Crippen LogP contribution >= 0.6 is 0 Å². The molecule has 0 aliphatic heterocycles. The summed E-state index contributed by atoms with van der Waals surface area (Å²) in [7, 11) is 2.49. The molecule has 0 aromatic carbocycles. The van der Waals surface area contributed by atoms with Crippen molar-refractivity contribution in [2.24, 2.45) is 16.7 Å². The van der Waals surface area contributed by atoms with Crippen LogP contribution in [0.3, 0.4) is 0 Å². The van der Waals surface area contributed by atoms with Gasteiger partial charge in [0.1, 0.15) is 0 Å². The SMILES string of the molecule is CCCCOC(=O)C(C(C)(C)C(=O)OC)C(C)(C)C(=O)OC. The Morgan fingerprint density at radius 2 is 1.32 bits per heavy atom. The lowest BCUT2D eigenvalue weighted by Gasteiger charge is -2.38. The molecular formula is C16H28O6. The van der Waals surface area contributed by atoms with Crippen molar-refractivity contribution in [3.63, 3.8) is 0 Å². The molecule has 0 aliphatic rings. The van der Waals surface area contributed by atoms with E-state index in [1.165, 1.54) is 14.2 Å². The van der Waals surface area contributed by atoms with E-state index >= 15 is 0 Å². The molecule has 0 bridgehead atoms. The molecule has 0 unspecified atom stereocenters. The molecular weight excluding hydrogens is 288 g/mol. The highest BCUT2D eigenvalue weighted by molar-refractivity contribution is 5.90. The highest BCUT2D eigenvalue weighted by atomic mass is 16.5. The van der Waals surface area contributed by atoms with Gasteiger partial charge in [0, 0.05) is 0 Å². The van der Waals surface area contributed by atoms with Crippen LogP contribution in [0.1, 0.15) is 47.5 Å². The zero-order valence-electron chi connectivity index (χ0n) is 14.6. The third-order valence-corrected chi connectivity index (χ3v) is 3.84. The Bertz CT molecular complexity index is 383. The number of hydrogen-bond donors (Lipinski definition) is 0. The molecule has 0 aromatic rings. The van der Waals surface area contributed by atoms with Crippen LogP contribution in [0.15, 0.2) is 0 Å². The Kier molecular flexibility index (Phi) is 7.56. The molecule has 22 heavy (non-hydrogen) atoms. The van der Waals surface area contributed by atoms with Gasteiger partial charge in [-0.3, -0.25) is 14.4 Å². The minimum atomic E-state index is -1.23. The van der Waals surface area contributed by atoms with Gasteiger partial charge in [0.2, 0.25) is 0 Å². The first-order chi connectivity index (χ1) is 10.1. The fraction of sp³-hybridized carbons (Fsp3) is 0.812. The van der Waals surface area contributed by atoms with Crippen molar-refractivity contribution < 1.29 is 28.6 Å². The van der Waals surface area contributed by atoms with Gasteiger partial charge in [-0.25, -0.2) is 0 Å². The summed E-state index contributed by atoms with van der Waals surface area (Å²) < 4.78 is 14.8. The molecule has 6 nitrogen and oxygen atoms in total. The van der Waals surface area contributed by atoms with Crippen LogP contribution in [0.5, 0.6) is 0 Å². The Hall–Kier alpha value is -1.59. The van der Waals surface area contributed by atoms with E-state index in [0.717, 1.165) is 12.8 Å². The molecule has 0 fully saturated rings. The first-order valence-corrected chi connectivity index (χ1v) is 7.40. The first-order valence-electron chi connectivity index (χ1n) is 7.40. The number of carbonyl (C=O) groups excluding carboxylic acids is 3. The van der Waals surface area contributed by atoms with Gasteiger partial charge in [-0.2, -0.15) is 0 Å². The van der Waals surface area contributed by atoms with Gasteiger partial charge in [0.15, 0.2) is 0 Å². The summed E-state index contributed by atoms with van der Waals surface area (Å²) in [6.07, 6.45) is 1.59. The second kappa shape index (κ2) is 8.15. The summed E-state index contributed by atoms with van der Waals surface area (Å²) >= 11 is 0. The van der Waals surface area contributed by atoms with E-state index in [9.17, 15) is 14.4 Å². The first kappa shape index (κ1) is 20.4. The molecule has 0 rings (SSSR count). The van der Waals surface area contributed by atoms with Gasteiger partial charge in [-0.15, -0.1) is 0 Å². The van der Waals surface area contributed by atoms with Crippen LogP contribution < -0.4 is 0 Å². The zero-order chi connectivity index (χ0) is 17.6. The molecule has 0 radical (unpaired) electrons. The average Bonchev–Trinajstić information content (AvgIpc) is 2.44. The van der Waals surface area contributed by atoms with Crippen LogP contribution in [-0.4, -0.2) is 38.7 Å². The summed E-state index contributed by atoms with van der Waals surface area (Å²) in [5, 5.41) is 0. The maximum atomic E-state index is 12.5. The third kappa shape index (κ3) is 4.45. The van der Waals surface area contributed by atoms with E-state index in [1.54, 1.807) is 27.7 Å². The van der Waals surface area contributed by atoms with Crippen molar-refractivity contribution in [1.29, 1.82) is 0 Å². The monoisotopic (exact) mass is 316 g/mol. The Morgan fingerprint density at radius 1 is 0.909 bits per heavy atom. The van der Waals surface area contributed by atoms with E-state index in [2.05, 4.69) is 0 Å². The summed E-state index contributed by atoms with van der Waals surface area (Å²) in [6.45, 7) is 8.48. The normalized spacial score (nSPS) is 12.0. The van der Waals surface area contributed by atoms with Crippen molar-refractivity contribution in [2.45, 2.75) is 47.5 Å². The average molecular weight is 316 g/mol. The second-order valence-corrected chi connectivity index (χ2v) is 6.38. The van der Waals surface area contributed by atoms with Crippen molar-refractivity contribution >= 4 is 17.9 Å². The summed E-state index contributed by atoms with van der Waals surface area (Å²) in [5.74, 6) is -2.78. The molecule has 0 amide bonds. The fourth-order valence-corrected chi connectivity index (χ4v) is 2.65. The molecule has 6 heteroatoms. The maximum absolute atomic E-state index is 12.5. The second-order valence-electron chi connectivity index (χ2n) is 6.38. The zero-order valence-corrected chi connectivity index (χ0v) is 14.6. The summed E-state index contributed by atoms with van der Waals surface area (Å²) in [6, 6.07) is 0. The topological polar surface area (TPSA) is 78.9 Å². The van der Waals surface area contributed by atoms with Crippen LogP contribution in [0.25, 0.3) is 0 Å². The molecule has 0 N–H and O–H groups in total. The smallest absolute Gasteiger partial charge is 0.312 e. The molecule has 128 valence electrons. The van der Waals surface area contributed by atoms with Gasteiger partial charge in [0.05, 0.1) is 37.6 Å². The third-order valence-electron chi connectivity index (χ3n) is 3.84. The highest BCUT2D eigenvalue weighted by Crippen LogP contribution is 2.43. The van der Waals surface area contributed by atoms with Crippen LogP contribution in [0.2, 0.25) is 0 Å². The van der Waals surface area contributed by atoms with Crippen LogP contribution in [-0.2, 0) is 28.6 Å². The maximum Gasteiger partial charge on any atom is 0.312 e. The molecule has 0 aromatic heterocycles. The molecule has 0 aliphatic carbocycles. The predicted octanol–water partition coefficient (Wildman–Crippen LogP) is 2.34. The number of esters is 3. The Morgan fingerprint density at radius 3 is 1.64 bits per heavy atom. The van der Waals surface area contributed by atoms with E-state index in [1.807, 2.05) is 6.92 Å². The minimum absolute atomic E-state index is 0.250. The predicted molar refractivity (Wildman–Crippen MR) is 81.0 cm³/mol. The van der Waals surface area contributed by atoms with Gasteiger partial charge < -0.3 is 14.2 Å². The van der Waals surface area contributed by atoms with Crippen LogP contribution in [0, 0.1) is 16.7 Å². The molecule has 0 saturated carbocycles. The lowest BCUT2D eigenvalue weighted by molar-refractivity contribution is -0.179. The lowest BCUT2D eigenvalue weighted by atomic mass is 9.64. The number of hydrogen-bond acceptors (Lipinski definition) is 6. The van der Waals surface area contributed by atoms with Crippen molar-refractivity contribution in [3.8, 4) is 0 Å². The Labute approximate surface area is 132 Å². The van der Waals surface area contributed by atoms with Gasteiger partial charge >= 0.3 is 17.9 Å². The number of carbonyl (C=O) groups is 3. The largest absolute Gasteiger partial charge is 0.469 e. The minimum Gasteiger partial charge on any atom is -0.469 e.